The van der Waals surface area contributed by atoms with Crippen LogP contribution in [0.25, 0.3) is 5.76 Å². The molecule has 0 atom stereocenters. The maximum Gasteiger partial charge on any atom is 0.376 e. The number of carbonyl (C=O) groups is 2. The molecule has 0 bridgehead atoms. The lowest BCUT2D eigenvalue weighted by Crippen LogP contribution is -2.14. The van der Waals surface area contributed by atoms with E-state index in [1.807, 2.05) is 0 Å². The van der Waals surface area contributed by atoms with Crippen LogP contribution in [0, 0.1) is 0 Å². The highest BCUT2D eigenvalue weighted by atomic mass is 35.5. The summed E-state index contributed by atoms with van der Waals surface area (Å²) in [5, 5.41) is 18.1. The fourth-order valence-corrected chi connectivity index (χ4v) is 3.97. The van der Waals surface area contributed by atoms with Gasteiger partial charge in [-0.2, -0.15) is 0 Å². The fourth-order valence-electron chi connectivity index (χ4n) is 1.94. The molecule has 11 heteroatoms. The van der Waals surface area contributed by atoms with Gasteiger partial charge in [-0.1, -0.05) is 46.9 Å². The summed E-state index contributed by atoms with van der Waals surface area (Å²) in [7, 11) is -4.15. The minimum Gasteiger partial charge on any atom is -0.507 e. The van der Waals surface area contributed by atoms with Crippen LogP contribution in [-0.2, 0) is 19.6 Å². The molecule has 2 aromatic carbocycles. The standard InChI is InChI=1S/C16H10Cl3NO6S/c17-10-4-5-13(15(19)14(10)18)27(25,26)20-9-3-1-2-8(6-9)11(21)7-12(22)16(23)24/h1-7,20-21H,(H,23,24). The van der Waals surface area contributed by atoms with Gasteiger partial charge >= 0.3 is 5.97 Å². The van der Waals surface area contributed by atoms with Crippen LogP contribution in [-0.4, -0.2) is 30.4 Å². The van der Waals surface area contributed by atoms with E-state index in [0.29, 0.717) is 6.08 Å². The molecule has 0 saturated heterocycles. The van der Waals surface area contributed by atoms with Crippen molar-refractivity contribution < 1.29 is 28.2 Å². The number of hydrogen-bond acceptors (Lipinski definition) is 5. The highest BCUT2D eigenvalue weighted by Gasteiger charge is 2.21. The summed E-state index contributed by atoms with van der Waals surface area (Å²) in [6, 6.07) is 7.75. The number of hydrogen-bond donors (Lipinski definition) is 3. The minimum atomic E-state index is -4.15. The highest BCUT2D eigenvalue weighted by molar-refractivity contribution is 7.92. The van der Waals surface area contributed by atoms with Crippen LogP contribution in [0.3, 0.4) is 0 Å². The number of benzene rings is 2. The molecule has 0 aliphatic heterocycles. The second-order valence-electron chi connectivity index (χ2n) is 5.06. The molecule has 0 heterocycles. The number of carboxylic acids is 1. The first-order chi connectivity index (χ1) is 12.5. The molecule has 0 spiro atoms. The van der Waals surface area contributed by atoms with Crippen molar-refractivity contribution >= 4 is 68.0 Å². The Hall–Kier alpha value is -2.26. The summed E-state index contributed by atoms with van der Waals surface area (Å²) in [6.07, 6.45) is 0.506. The van der Waals surface area contributed by atoms with Gasteiger partial charge in [-0.15, -0.1) is 0 Å². The minimum absolute atomic E-state index is 0.0186. The Morgan fingerprint density at radius 1 is 1.00 bits per heavy atom. The van der Waals surface area contributed by atoms with Gasteiger partial charge in [0, 0.05) is 17.3 Å². The van der Waals surface area contributed by atoms with E-state index < -0.39 is 27.5 Å². The van der Waals surface area contributed by atoms with Crippen LogP contribution in [0.1, 0.15) is 5.56 Å². The van der Waals surface area contributed by atoms with Crippen molar-refractivity contribution in [1.29, 1.82) is 0 Å². The normalized spacial score (nSPS) is 11.9. The molecule has 0 aliphatic rings. The van der Waals surface area contributed by atoms with Gasteiger partial charge in [-0.3, -0.25) is 9.52 Å². The number of aliphatic carboxylic acids is 1. The summed E-state index contributed by atoms with van der Waals surface area (Å²) in [5.41, 5.74) is 0.0439. The molecule has 3 N–H and O–H groups in total. The molecule has 7 nitrogen and oxygen atoms in total. The summed E-state index contributed by atoms with van der Waals surface area (Å²) >= 11 is 17.6. The number of nitrogens with one attached hydrogen (secondary N) is 1. The van der Waals surface area contributed by atoms with E-state index in [4.69, 9.17) is 39.9 Å². The van der Waals surface area contributed by atoms with Crippen molar-refractivity contribution in [2.75, 3.05) is 4.72 Å². The molecular formula is C16H10Cl3NO6S. The van der Waals surface area contributed by atoms with Crippen LogP contribution in [0.5, 0.6) is 0 Å². The Kier molecular flexibility index (Phi) is 6.38. The second kappa shape index (κ2) is 8.18. The largest absolute Gasteiger partial charge is 0.507 e. The van der Waals surface area contributed by atoms with Crippen LogP contribution in [0.4, 0.5) is 5.69 Å². The van der Waals surface area contributed by atoms with E-state index in [-0.39, 0.29) is 31.2 Å². The van der Waals surface area contributed by atoms with Crippen molar-refractivity contribution in [3.63, 3.8) is 0 Å². The summed E-state index contributed by atoms with van der Waals surface area (Å²) in [4.78, 5) is 21.4. The van der Waals surface area contributed by atoms with Gasteiger partial charge in [0.1, 0.15) is 10.7 Å². The van der Waals surface area contributed by atoms with Crippen molar-refractivity contribution in [2.45, 2.75) is 4.90 Å². The van der Waals surface area contributed by atoms with Crippen molar-refractivity contribution in [3.05, 3.63) is 63.1 Å². The lowest BCUT2D eigenvalue weighted by molar-refractivity contribution is -0.146. The van der Waals surface area contributed by atoms with E-state index in [1.165, 1.54) is 36.4 Å². The Balaban J connectivity index is 2.37. The second-order valence-corrected chi connectivity index (χ2v) is 7.87. The number of rotatable bonds is 6. The van der Waals surface area contributed by atoms with Crippen LogP contribution >= 0.6 is 34.8 Å². The maximum atomic E-state index is 12.5. The number of ketones is 1. The summed E-state index contributed by atoms with van der Waals surface area (Å²) in [6.45, 7) is 0. The molecule has 142 valence electrons. The Morgan fingerprint density at radius 2 is 1.67 bits per heavy atom. The predicted octanol–water partition coefficient (Wildman–Crippen LogP) is 4.00. The topological polar surface area (TPSA) is 121 Å². The molecule has 0 aromatic heterocycles. The predicted molar refractivity (Wildman–Crippen MR) is 102 cm³/mol. The van der Waals surface area contributed by atoms with E-state index in [2.05, 4.69) is 4.72 Å². The monoisotopic (exact) mass is 449 g/mol. The smallest absolute Gasteiger partial charge is 0.376 e. The van der Waals surface area contributed by atoms with Crippen molar-refractivity contribution in [1.82, 2.24) is 0 Å². The van der Waals surface area contributed by atoms with Gasteiger partial charge in [0.2, 0.25) is 0 Å². The zero-order chi connectivity index (χ0) is 20.4. The third-order valence-corrected chi connectivity index (χ3v) is 6.01. The zero-order valence-corrected chi connectivity index (χ0v) is 16.2. The van der Waals surface area contributed by atoms with Gasteiger partial charge in [0.25, 0.3) is 15.8 Å². The number of aliphatic hydroxyl groups is 1. The molecule has 0 saturated carbocycles. The molecule has 0 amide bonds. The van der Waals surface area contributed by atoms with Crippen molar-refractivity contribution in [2.24, 2.45) is 0 Å². The highest BCUT2D eigenvalue weighted by Crippen LogP contribution is 2.35. The number of carboxylic acid groups (broad SMARTS) is 1. The lowest BCUT2D eigenvalue weighted by Gasteiger charge is -2.12. The fraction of sp³-hybridized carbons (Fsp3) is 0. The van der Waals surface area contributed by atoms with E-state index in [0.717, 1.165) is 0 Å². The number of anilines is 1. The maximum absolute atomic E-state index is 12.5. The number of sulfonamides is 1. The molecule has 27 heavy (non-hydrogen) atoms. The quantitative estimate of drug-likeness (QED) is 0.265. The van der Waals surface area contributed by atoms with Crippen LogP contribution < -0.4 is 4.72 Å². The number of aliphatic hydroxyl groups excluding tert-OH is 1. The van der Waals surface area contributed by atoms with Crippen molar-refractivity contribution in [3.8, 4) is 0 Å². The Morgan fingerprint density at radius 3 is 2.30 bits per heavy atom. The first-order valence-electron chi connectivity index (χ1n) is 6.97. The Bertz CT molecular complexity index is 1070. The van der Waals surface area contributed by atoms with Crippen LogP contribution in [0.15, 0.2) is 47.4 Å². The number of carbonyl (C=O) groups excluding carboxylic acids is 1. The van der Waals surface area contributed by atoms with E-state index in [1.54, 1.807) is 0 Å². The summed E-state index contributed by atoms with van der Waals surface area (Å²) in [5.74, 6) is -3.72. The lowest BCUT2D eigenvalue weighted by atomic mass is 10.1. The summed E-state index contributed by atoms with van der Waals surface area (Å²) < 4.78 is 27.3. The van der Waals surface area contributed by atoms with Gasteiger partial charge in [0.05, 0.1) is 15.1 Å². The van der Waals surface area contributed by atoms with Gasteiger partial charge in [0.15, 0.2) is 0 Å². The average Bonchev–Trinajstić information content (AvgIpc) is 2.59. The molecule has 0 fully saturated rings. The van der Waals surface area contributed by atoms with Gasteiger partial charge in [-0.25, -0.2) is 13.2 Å². The Labute approximate surface area is 168 Å². The van der Waals surface area contributed by atoms with E-state index >= 15 is 0 Å². The van der Waals surface area contributed by atoms with Gasteiger partial charge in [-0.05, 0) is 24.3 Å². The molecule has 2 aromatic rings. The first-order valence-corrected chi connectivity index (χ1v) is 9.59. The molecule has 0 unspecified atom stereocenters. The third kappa shape index (κ3) is 4.92. The first kappa shape index (κ1) is 21.0. The average molecular weight is 451 g/mol. The zero-order valence-electron chi connectivity index (χ0n) is 13.1. The molecule has 2 rings (SSSR count). The van der Waals surface area contributed by atoms with Gasteiger partial charge < -0.3 is 10.2 Å². The molecular weight excluding hydrogens is 441 g/mol. The van der Waals surface area contributed by atoms with Crippen LogP contribution in [0.2, 0.25) is 15.1 Å². The van der Waals surface area contributed by atoms with E-state index in [9.17, 15) is 23.1 Å². The third-order valence-electron chi connectivity index (χ3n) is 3.18. The SMILES string of the molecule is O=C(O)C(=O)C=C(O)c1cccc(NS(=O)(=O)c2ccc(Cl)c(Cl)c2Cl)c1. The molecule has 0 aliphatic carbocycles. The number of halogens is 3. The molecule has 0 radical (unpaired) electrons.